The number of nitrogens with zero attached hydrogens (tertiary/aromatic N) is 4. The summed E-state index contributed by atoms with van der Waals surface area (Å²) in [6.07, 6.45) is 1.81. The molecular weight excluding hydrogens is 338 g/mol. The monoisotopic (exact) mass is 355 g/mol. The smallest absolute Gasteiger partial charge is 0.243 e. The SMILES string of the molecule is O=C(Cn1nnc(-c2ccccc2Cl)n1)NCCCc1ccccc1. The molecule has 0 radical (unpaired) electrons. The Kier molecular flexibility index (Phi) is 5.74. The fourth-order valence-electron chi connectivity index (χ4n) is 2.41. The van der Waals surface area contributed by atoms with E-state index in [0.717, 1.165) is 12.8 Å². The molecule has 25 heavy (non-hydrogen) atoms. The second kappa shape index (κ2) is 8.39. The first-order chi connectivity index (χ1) is 12.2. The fourth-order valence-corrected chi connectivity index (χ4v) is 2.63. The van der Waals surface area contributed by atoms with Crippen LogP contribution < -0.4 is 5.32 Å². The second-order valence-corrected chi connectivity index (χ2v) is 5.97. The van der Waals surface area contributed by atoms with Gasteiger partial charge < -0.3 is 5.32 Å². The maximum absolute atomic E-state index is 12.0. The quantitative estimate of drug-likeness (QED) is 0.661. The van der Waals surface area contributed by atoms with Crippen molar-refractivity contribution in [2.75, 3.05) is 6.54 Å². The van der Waals surface area contributed by atoms with Gasteiger partial charge in [-0.1, -0.05) is 54.1 Å². The van der Waals surface area contributed by atoms with E-state index in [9.17, 15) is 4.79 Å². The third-order valence-corrected chi connectivity index (χ3v) is 3.99. The average molecular weight is 356 g/mol. The molecule has 0 fully saturated rings. The Hall–Kier alpha value is -2.73. The molecule has 6 nitrogen and oxygen atoms in total. The normalized spacial score (nSPS) is 10.6. The van der Waals surface area contributed by atoms with Crippen LogP contribution in [0, 0.1) is 0 Å². The maximum atomic E-state index is 12.0. The van der Waals surface area contributed by atoms with Crippen molar-refractivity contribution in [1.29, 1.82) is 0 Å². The van der Waals surface area contributed by atoms with Crippen LogP contribution in [0.15, 0.2) is 54.6 Å². The van der Waals surface area contributed by atoms with Crippen LogP contribution >= 0.6 is 11.6 Å². The molecule has 0 aliphatic carbocycles. The van der Waals surface area contributed by atoms with Crippen molar-refractivity contribution in [2.24, 2.45) is 0 Å². The molecule has 1 aromatic heterocycles. The minimum absolute atomic E-state index is 0.0305. The van der Waals surface area contributed by atoms with Crippen LogP contribution in [-0.2, 0) is 17.8 Å². The number of aromatic nitrogens is 4. The molecule has 0 saturated heterocycles. The molecule has 0 bridgehead atoms. The van der Waals surface area contributed by atoms with Gasteiger partial charge in [-0.2, -0.15) is 4.80 Å². The predicted molar refractivity (Wildman–Crippen MR) is 96.0 cm³/mol. The van der Waals surface area contributed by atoms with E-state index in [4.69, 9.17) is 11.6 Å². The summed E-state index contributed by atoms with van der Waals surface area (Å²) in [6, 6.07) is 17.4. The van der Waals surface area contributed by atoms with E-state index in [0.29, 0.717) is 23.0 Å². The lowest BCUT2D eigenvalue weighted by Crippen LogP contribution is -2.29. The van der Waals surface area contributed by atoms with E-state index >= 15 is 0 Å². The highest BCUT2D eigenvalue weighted by atomic mass is 35.5. The molecule has 3 rings (SSSR count). The molecule has 3 aromatic rings. The molecule has 1 N–H and O–H groups in total. The van der Waals surface area contributed by atoms with E-state index in [1.165, 1.54) is 10.4 Å². The minimum Gasteiger partial charge on any atom is -0.354 e. The van der Waals surface area contributed by atoms with E-state index in [1.54, 1.807) is 6.07 Å². The number of nitrogens with one attached hydrogen (secondary N) is 1. The minimum atomic E-state index is -0.142. The number of benzene rings is 2. The van der Waals surface area contributed by atoms with Crippen molar-refractivity contribution in [1.82, 2.24) is 25.5 Å². The van der Waals surface area contributed by atoms with Crippen LogP contribution in [0.25, 0.3) is 11.4 Å². The molecule has 7 heteroatoms. The lowest BCUT2D eigenvalue weighted by atomic mass is 10.1. The summed E-state index contributed by atoms with van der Waals surface area (Å²) in [5.41, 5.74) is 1.96. The van der Waals surface area contributed by atoms with E-state index in [-0.39, 0.29) is 12.5 Å². The van der Waals surface area contributed by atoms with Crippen LogP contribution in [0.4, 0.5) is 0 Å². The van der Waals surface area contributed by atoms with Gasteiger partial charge in [0.05, 0.1) is 5.02 Å². The van der Waals surface area contributed by atoms with Crippen molar-refractivity contribution in [3.05, 3.63) is 65.2 Å². The first-order valence-electron chi connectivity index (χ1n) is 8.06. The van der Waals surface area contributed by atoms with Crippen LogP contribution in [0.3, 0.4) is 0 Å². The van der Waals surface area contributed by atoms with Gasteiger partial charge in [0.15, 0.2) is 0 Å². The predicted octanol–water partition coefficient (Wildman–Crippen LogP) is 2.74. The van der Waals surface area contributed by atoms with Crippen LogP contribution in [-0.4, -0.2) is 32.7 Å². The molecule has 0 saturated carbocycles. The molecule has 0 spiro atoms. The first-order valence-corrected chi connectivity index (χ1v) is 8.43. The van der Waals surface area contributed by atoms with Gasteiger partial charge >= 0.3 is 0 Å². The maximum Gasteiger partial charge on any atom is 0.243 e. The molecular formula is C18H18ClN5O. The number of tetrazole rings is 1. The lowest BCUT2D eigenvalue weighted by molar-refractivity contribution is -0.122. The zero-order valence-electron chi connectivity index (χ0n) is 13.6. The molecule has 1 amide bonds. The lowest BCUT2D eigenvalue weighted by Gasteiger charge is -2.04. The van der Waals surface area contributed by atoms with Gasteiger partial charge in [0.25, 0.3) is 0 Å². The van der Waals surface area contributed by atoms with Gasteiger partial charge in [0, 0.05) is 12.1 Å². The van der Waals surface area contributed by atoms with Gasteiger partial charge in [-0.3, -0.25) is 4.79 Å². The zero-order chi connectivity index (χ0) is 17.5. The number of aryl methyl sites for hydroxylation is 1. The fraction of sp³-hybridized carbons (Fsp3) is 0.222. The Bertz CT molecular complexity index is 834. The average Bonchev–Trinajstić information content (AvgIpc) is 3.08. The highest BCUT2D eigenvalue weighted by Crippen LogP contribution is 2.23. The molecule has 0 unspecified atom stereocenters. The number of amides is 1. The summed E-state index contributed by atoms with van der Waals surface area (Å²) in [7, 11) is 0. The van der Waals surface area contributed by atoms with Crippen LogP contribution in [0.5, 0.6) is 0 Å². The molecule has 128 valence electrons. The molecule has 0 atom stereocenters. The summed E-state index contributed by atoms with van der Waals surface area (Å²) < 4.78 is 0. The highest BCUT2D eigenvalue weighted by molar-refractivity contribution is 6.33. The van der Waals surface area contributed by atoms with Crippen molar-refractivity contribution in [3.63, 3.8) is 0 Å². The number of hydrogen-bond donors (Lipinski definition) is 1. The van der Waals surface area contributed by atoms with Crippen LogP contribution in [0.2, 0.25) is 5.02 Å². The standard InChI is InChI=1S/C18H18ClN5O/c19-16-11-5-4-10-15(16)18-21-23-24(22-18)13-17(25)20-12-6-9-14-7-2-1-3-8-14/h1-5,7-8,10-11H,6,9,12-13H2,(H,20,25). The van der Waals surface area contributed by atoms with Crippen LogP contribution in [0.1, 0.15) is 12.0 Å². The summed E-state index contributed by atoms with van der Waals surface area (Å²) in [5, 5.41) is 15.5. The number of carbonyl (C=O) groups is 1. The zero-order valence-corrected chi connectivity index (χ0v) is 14.4. The Morgan fingerprint density at radius 1 is 1.08 bits per heavy atom. The van der Waals surface area contributed by atoms with Gasteiger partial charge in [0.2, 0.25) is 11.7 Å². The van der Waals surface area contributed by atoms with E-state index in [1.807, 2.05) is 36.4 Å². The number of rotatable bonds is 7. The Labute approximate surface area is 150 Å². The van der Waals surface area contributed by atoms with Crippen molar-refractivity contribution in [3.8, 4) is 11.4 Å². The Morgan fingerprint density at radius 3 is 2.64 bits per heavy atom. The van der Waals surface area contributed by atoms with Gasteiger partial charge in [-0.05, 0) is 35.8 Å². The first kappa shape index (κ1) is 17.1. The van der Waals surface area contributed by atoms with Gasteiger partial charge in [0.1, 0.15) is 6.54 Å². The summed E-state index contributed by atoms with van der Waals surface area (Å²) in [6.45, 7) is 0.641. The second-order valence-electron chi connectivity index (χ2n) is 5.56. The topological polar surface area (TPSA) is 72.7 Å². The molecule has 0 aliphatic rings. The van der Waals surface area contributed by atoms with E-state index in [2.05, 4.69) is 32.9 Å². The number of halogens is 1. The molecule has 0 aliphatic heterocycles. The third kappa shape index (κ3) is 4.87. The third-order valence-electron chi connectivity index (χ3n) is 3.66. The van der Waals surface area contributed by atoms with Gasteiger partial charge in [-0.15, -0.1) is 10.2 Å². The number of hydrogen-bond acceptors (Lipinski definition) is 4. The molecule has 1 heterocycles. The Morgan fingerprint density at radius 2 is 1.84 bits per heavy atom. The van der Waals surface area contributed by atoms with Crippen molar-refractivity contribution >= 4 is 17.5 Å². The largest absolute Gasteiger partial charge is 0.354 e. The highest BCUT2D eigenvalue weighted by Gasteiger charge is 2.11. The molecule has 2 aromatic carbocycles. The summed E-state index contributed by atoms with van der Waals surface area (Å²) in [5.74, 6) is 0.263. The summed E-state index contributed by atoms with van der Waals surface area (Å²) in [4.78, 5) is 13.2. The van der Waals surface area contributed by atoms with Crippen molar-refractivity contribution < 1.29 is 4.79 Å². The van der Waals surface area contributed by atoms with Gasteiger partial charge in [-0.25, -0.2) is 0 Å². The van der Waals surface area contributed by atoms with Crippen molar-refractivity contribution in [2.45, 2.75) is 19.4 Å². The Balaban J connectivity index is 1.46. The van der Waals surface area contributed by atoms with E-state index < -0.39 is 0 Å². The summed E-state index contributed by atoms with van der Waals surface area (Å²) >= 11 is 6.11. The number of carbonyl (C=O) groups excluding carboxylic acids is 1.